The number of nitrogens with two attached hydrogens (primary N) is 1. The first-order valence-corrected chi connectivity index (χ1v) is 6.06. The molecule has 3 N–H and O–H groups in total. The summed E-state index contributed by atoms with van der Waals surface area (Å²) in [4.78, 5) is 11.3. The van der Waals surface area contributed by atoms with Crippen molar-refractivity contribution in [2.45, 2.75) is 38.2 Å². The summed E-state index contributed by atoms with van der Waals surface area (Å²) in [6.45, 7) is 8.18. The molecule has 0 radical (unpaired) electrons. The fourth-order valence-electron chi connectivity index (χ4n) is 1.21. The zero-order valence-corrected chi connectivity index (χ0v) is 10.9. The number of carbonyl (C=O) groups is 1. The minimum absolute atomic E-state index is 0.178. The summed E-state index contributed by atoms with van der Waals surface area (Å²) in [5.74, 6) is 6.93. The highest BCUT2D eigenvalue weighted by Gasteiger charge is 2.16. The Morgan fingerprint density at radius 3 is 2.69 bits per heavy atom. The van der Waals surface area contributed by atoms with Crippen LogP contribution in [0.25, 0.3) is 0 Å². The molecule has 0 aliphatic rings. The van der Waals surface area contributed by atoms with Crippen molar-refractivity contribution in [3.05, 3.63) is 23.2 Å². The van der Waals surface area contributed by atoms with Gasteiger partial charge >= 0.3 is 0 Å². The molecule has 0 aromatic carbocycles. The monoisotopic (exact) mass is 242 g/mol. The number of carbonyl (C=O) groups excluding carboxylic acids is 1. The fraction of sp³-hybridized carbons (Fsp3) is 0.545. The molecule has 0 atom stereocenters. The molecule has 1 aromatic heterocycles. The van der Waals surface area contributed by atoms with Gasteiger partial charge in [0.15, 0.2) is 0 Å². The molecule has 5 heteroatoms. The Hall–Kier alpha value is -0.940. The van der Waals surface area contributed by atoms with Crippen LogP contribution in [0.2, 0.25) is 0 Å². The third kappa shape index (κ3) is 3.57. The van der Waals surface area contributed by atoms with Crippen LogP contribution < -0.4 is 11.3 Å². The van der Waals surface area contributed by atoms with E-state index in [2.05, 4.69) is 26.2 Å². The van der Waals surface area contributed by atoms with E-state index in [1.165, 1.54) is 0 Å². The van der Waals surface area contributed by atoms with Gasteiger partial charge in [0.25, 0.3) is 5.91 Å². The van der Waals surface area contributed by atoms with Gasteiger partial charge in [0.1, 0.15) is 11.5 Å². The first-order chi connectivity index (χ1) is 7.33. The van der Waals surface area contributed by atoms with E-state index < -0.39 is 0 Å². The van der Waals surface area contributed by atoms with E-state index >= 15 is 0 Å². The fourth-order valence-corrected chi connectivity index (χ4v) is 1.92. The van der Waals surface area contributed by atoms with E-state index in [0.717, 1.165) is 11.5 Å². The van der Waals surface area contributed by atoms with Crippen LogP contribution in [0.1, 0.15) is 42.6 Å². The lowest BCUT2D eigenvalue weighted by Gasteiger charge is -2.16. The summed E-state index contributed by atoms with van der Waals surface area (Å²) in [5.41, 5.74) is 2.61. The lowest BCUT2D eigenvalue weighted by molar-refractivity contribution is 0.0952. The van der Waals surface area contributed by atoms with Crippen LogP contribution in [0.3, 0.4) is 0 Å². The number of hydrazine groups is 1. The molecule has 1 aromatic rings. The largest absolute Gasteiger partial charge is 0.465 e. The Balaban J connectivity index is 2.74. The number of amides is 1. The molecule has 90 valence electrons. The lowest BCUT2D eigenvalue weighted by atomic mass is 10.2. The highest BCUT2D eigenvalue weighted by atomic mass is 32.2. The Labute approximate surface area is 99.9 Å². The zero-order chi connectivity index (χ0) is 12.3. The standard InChI is InChI=1S/C11H18N2O2S/c1-7-9(10(14)13-12)5-8(15-7)6-16-11(2,3)4/h5H,6,12H2,1-4H3,(H,13,14). The van der Waals surface area contributed by atoms with Crippen molar-refractivity contribution >= 4 is 17.7 Å². The van der Waals surface area contributed by atoms with Crippen molar-refractivity contribution in [3.8, 4) is 0 Å². The number of nitrogen functional groups attached to an aromatic ring is 1. The molecule has 0 saturated carbocycles. The number of aryl methyl sites for hydroxylation is 1. The van der Waals surface area contributed by atoms with Crippen LogP contribution in [0.5, 0.6) is 0 Å². The van der Waals surface area contributed by atoms with Gasteiger partial charge in [-0.25, -0.2) is 5.84 Å². The Kier molecular flexibility index (Phi) is 4.04. The smallest absolute Gasteiger partial charge is 0.268 e. The van der Waals surface area contributed by atoms with Crippen LogP contribution in [0, 0.1) is 6.92 Å². The summed E-state index contributed by atoms with van der Waals surface area (Å²) in [6.07, 6.45) is 0. The average molecular weight is 242 g/mol. The van der Waals surface area contributed by atoms with Gasteiger partial charge in [0, 0.05) is 4.75 Å². The zero-order valence-electron chi connectivity index (χ0n) is 10.1. The predicted molar refractivity (Wildman–Crippen MR) is 66.1 cm³/mol. The molecule has 1 heterocycles. The van der Waals surface area contributed by atoms with Gasteiger partial charge in [-0.2, -0.15) is 0 Å². The third-order valence-electron chi connectivity index (χ3n) is 1.99. The van der Waals surface area contributed by atoms with Crippen molar-refractivity contribution in [3.63, 3.8) is 0 Å². The maximum Gasteiger partial charge on any atom is 0.268 e. The third-order valence-corrected chi connectivity index (χ3v) is 3.29. The number of furan rings is 1. The molecule has 0 fully saturated rings. The van der Waals surface area contributed by atoms with Crippen molar-refractivity contribution < 1.29 is 9.21 Å². The van der Waals surface area contributed by atoms with Gasteiger partial charge in [0.2, 0.25) is 0 Å². The van der Waals surface area contributed by atoms with Gasteiger partial charge in [-0.05, 0) is 13.0 Å². The molecular formula is C11H18N2O2S. The number of hydrogen-bond donors (Lipinski definition) is 2. The normalized spacial score (nSPS) is 11.6. The minimum Gasteiger partial charge on any atom is -0.465 e. The Morgan fingerprint density at radius 2 is 2.19 bits per heavy atom. The van der Waals surface area contributed by atoms with Crippen LogP contribution in [-0.2, 0) is 5.75 Å². The summed E-state index contributed by atoms with van der Waals surface area (Å²) in [7, 11) is 0. The van der Waals surface area contributed by atoms with E-state index in [1.54, 1.807) is 24.8 Å². The number of nitrogens with one attached hydrogen (secondary N) is 1. The highest BCUT2D eigenvalue weighted by Crippen LogP contribution is 2.28. The van der Waals surface area contributed by atoms with E-state index in [0.29, 0.717) is 11.3 Å². The van der Waals surface area contributed by atoms with E-state index in [4.69, 9.17) is 10.3 Å². The molecule has 0 aliphatic heterocycles. The average Bonchev–Trinajstić information content (AvgIpc) is 2.55. The molecular weight excluding hydrogens is 224 g/mol. The molecule has 0 spiro atoms. The summed E-state index contributed by atoms with van der Waals surface area (Å²) in [5, 5.41) is 0. The molecule has 0 unspecified atom stereocenters. The van der Waals surface area contributed by atoms with Crippen molar-refractivity contribution in [2.75, 3.05) is 0 Å². The lowest BCUT2D eigenvalue weighted by Crippen LogP contribution is -2.30. The number of hydrogen-bond acceptors (Lipinski definition) is 4. The molecule has 0 aliphatic carbocycles. The molecule has 16 heavy (non-hydrogen) atoms. The first-order valence-electron chi connectivity index (χ1n) is 5.07. The van der Waals surface area contributed by atoms with E-state index in [-0.39, 0.29) is 10.7 Å². The minimum atomic E-state index is -0.312. The maximum absolute atomic E-state index is 11.3. The molecule has 0 bridgehead atoms. The second-order valence-electron chi connectivity index (χ2n) is 4.56. The summed E-state index contributed by atoms with van der Waals surface area (Å²) in [6, 6.07) is 1.75. The van der Waals surface area contributed by atoms with Gasteiger partial charge in [-0.3, -0.25) is 10.2 Å². The predicted octanol–water partition coefficient (Wildman–Crippen LogP) is 2.22. The van der Waals surface area contributed by atoms with E-state index in [1.807, 2.05) is 0 Å². The van der Waals surface area contributed by atoms with Gasteiger partial charge in [-0.1, -0.05) is 20.8 Å². The van der Waals surface area contributed by atoms with Crippen LogP contribution in [-0.4, -0.2) is 10.7 Å². The van der Waals surface area contributed by atoms with Gasteiger partial charge in [0.05, 0.1) is 11.3 Å². The Bertz CT molecular complexity index is 380. The highest BCUT2D eigenvalue weighted by molar-refractivity contribution is 7.99. The van der Waals surface area contributed by atoms with Crippen molar-refractivity contribution in [1.29, 1.82) is 0 Å². The van der Waals surface area contributed by atoms with Crippen LogP contribution in [0.15, 0.2) is 10.5 Å². The van der Waals surface area contributed by atoms with Gasteiger partial charge < -0.3 is 4.42 Å². The van der Waals surface area contributed by atoms with Crippen LogP contribution in [0.4, 0.5) is 0 Å². The second kappa shape index (κ2) is 4.93. The van der Waals surface area contributed by atoms with Crippen molar-refractivity contribution in [1.82, 2.24) is 5.43 Å². The summed E-state index contributed by atoms with van der Waals surface area (Å²) >= 11 is 1.77. The molecule has 4 nitrogen and oxygen atoms in total. The molecule has 1 rings (SSSR count). The number of rotatable bonds is 3. The quantitative estimate of drug-likeness (QED) is 0.484. The van der Waals surface area contributed by atoms with E-state index in [9.17, 15) is 4.79 Å². The molecule has 0 saturated heterocycles. The maximum atomic E-state index is 11.3. The van der Waals surface area contributed by atoms with Gasteiger partial charge in [-0.15, -0.1) is 11.8 Å². The Morgan fingerprint density at radius 1 is 1.56 bits per heavy atom. The van der Waals surface area contributed by atoms with Crippen molar-refractivity contribution in [2.24, 2.45) is 5.84 Å². The van der Waals surface area contributed by atoms with Crippen LogP contribution >= 0.6 is 11.8 Å². The number of thioether (sulfide) groups is 1. The SMILES string of the molecule is Cc1oc(CSC(C)(C)C)cc1C(=O)NN. The second-order valence-corrected chi connectivity index (χ2v) is 6.36. The summed E-state index contributed by atoms with van der Waals surface area (Å²) < 4.78 is 5.67. The topological polar surface area (TPSA) is 68.3 Å². The first kappa shape index (κ1) is 13.1. The molecule has 1 amide bonds.